The number of hydrogen-bond acceptors (Lipinski definition) is 8. The highest BCUT2D eigenvalue weighted by molar-refractivity contribution is 6.06. The Kier molecular flexibility index (Phi) is 7.69. The molecule has 1 aliphatic heterocycles. The van der Waals surface area contributed by atoms with Crippen LogP contribution in [0.5, 0.6) is 28.7 Å². The van der Waals surface area contributed by atoms with E-state index < -0.39 is 12.1 Å². The largest absolute Gasteiger partial charge is 0.495 e. The van der Waals surface area contributed by atoms with Gasteiger partial charge in [0.15, 0.2) is 11.5 Å². The molecule has 0 aliphatic carbocycles. The van der Waals surface area contributed by atoms with Gasteiger partial charge in [0, 0.05) is 12.1 Å². The number of rotatable bonds is 10. The molecule has 0 bridgehead atoms. The molecule has 0 saturated carbocycles. The van der Waals surface area contributed by atoms with Crippen molar-refractivity contribution in [3.05, 3.63) is 66.2 Å². The molecule has 1 fully saturated rings. The number of nitrogens with one attached hydrogen (secondary N) is 1. The van der Waals surface area contributed by atoms with Gasteiger partial charge in [-0.3, -0.25) is 14.5 Å². The first-order valence-corrected chi connectivity index (χ1v) is 11.5. The number of carbonyl (C=O) groups is 2. The van der Waals surface area contributed by atoms with E-state index in [-0.39, 0.29) is 18.4 Å². The number of amides is 2. The predicted molar refractivity (Wildman–Crippen MR) is 138 cm³/mol. The number of anilines is 2. The Morgan fingerprint density at radius 3 is 2.11 bits per heavy atom. The number of benzene rings is 3. The zero-order chi connectivity index (χ0) is 26.5. The minimum Gasteiger partial charge on any atom is -0.495 e. The van der Waals surface area contributed by atoms with Gasteiger partial charge in [0.1, 0.15) is 17.5 Å². The molecule has 3 aromatic carbocycles. The van der Waals surface area contributed by atoms with Crippen LogP contribution in [0.25, 0.3) is 0 Å². The Labute approximate surface area is 214 Å². The van der Waals surface area contributed by atoms with Crippen LogP contribution in [-0.4, -0.2) is 52.9 Å². The quantitative estimate of drug-likeness (QED) is 0.402. The lowest BCUT2D eigenvalue weighted by atomic mass is 9.89. The maximum Gasteiger partial charge on any atom is 0.271 e. The smallest absolute Gasteiger partial charge is 0.271 e. The summed E-state index contributed by atoms with van der Waals surface area (Å²) in [6.07, 6.45) is -0.826. The van der Waals surface area contributed by atoms with Crippen molar-refractivity contribution in [1.29, 1.82) is 0 Å². The van der Waals surface area contributed by atoms with Gasteiger partial charge in [-0.25, -0.2) is 0 Å². The maximum absolute atomic E-state index is 13.5. The van der Waals surface area contributed by atoms with E-state index in [0.717, 1.165) is 0 Å². The molecule has 3 aromatic rings. The minimum absolute atomic E-state index is 0.188. The lowest BCUT2D eigenvalue weighted by molar-refractivity contribution is -0.135. The Hall–Kier alpha value is -4.44. The summed E-state index contributed by atoms with van der Waals surface area (Å²) in [6.45, 7) is -0.188. The molecule has 0 radical (unpaired) electrons. The maximum atomic E-state index is 13.5. The second-order valence-corrected chi connectivity index (χ2v) is 8.10. The molecule has 37 heavy (non-hydrogen) atoms. The van der Waals surface area contributed by atoms with Crippen molar-refractivity contribution in [1.82, 2.24) is 0 Å². The molecule has 0 unspecified atom stereocenters. The van der Waals surface area contributed by atoms with E-state index in [1.54, 1.807) is 41.3 Å². The van der Waals surface area contributed by atoms with Crippen LogP contribution in [0, 0.1) is 0 Å². The van der Waals surface area contributed by atoms with Crippen molar-refractivity contribution in [3.8, 4) is 28.7 Å². The van der Waals surface area contributed by atoms with Crippen LogP contribution < -0.4 is 39.6 Å². The van der Waals surface area contributed by atoms with E-state index in [1.165, 1.54) is 28.4 Å². The van der Waals surface area contributed by atoms with E-state index in [2.05, 4.69) is 5.32 Å². The average molecular weight is 508 g/mol. The number of hydrogen-bond donors (Lipinski definition) is 2. The molecule has 10 heteroatoms. The number of nitrogens with zero attached hydrogens (tertiary/aromatic N) is 1. The third kappa shape index (κ3) is 4.96. The summed E-state index contributed by atoms with van der Waals surface area (Å²) in [5.41, 5.74) is 7.16. The topological polar surface area (TPSA) is 122 Å². The highest BCUT2D eigenvalue weighted by Gasteiger charge is 2.51. The van der Waals surface area contributed by atoms with E-state index in [4.69, 9.17) is 29.4 Å². The van der Waals surface area contributed by atoms with Crippen LogP contribution in [0.15, 0.2) is 60.7 Å². The molecule has 2 amide bonds. The van der Waals surface area contributed by atoms with Gasteiger partial charge in [0.05, 0.1) is 46.4 Å². The van der Waals surface area contributed by atoms with Crippen LogP contribution >= 0.6 is 0 Å². The van der Waals surface area contributed by atoms with Crippen molar-refractivity contribution < 1.29 is 33.3 Å². The molecule has 0 aromatic heterocycles. The van der Waals surface area contributed by atoms with Crippen molar-refractivity contribution in [2.75, 3.05) is 45.2 Å². The van der Waals surface area contributed by atoms with Crippen LogP contribution in [0.2, 0.25) is 0 Å². The summed E-state index contributed by atoms with van der Waals surface area (Å²) in [7, 11) is 6.03. The van der Waals surface area contributed by atoms with Crippen molar-refractivity contribution in [2.45, 2.75) is 12.1 Å². The molecule has 4 rings (SSSR count). The zero-order valence-corrected chi connectivity index (χ0v) is 21.0. The SMILES string of the molecule is COc1ccc([C@@H]2[C@H](Oc3ccccc3)C(=O)N2c2cc(OC)c(OC)c(OC)c2)cc1NC(=O)CN. The van der Waals surface area contributed by atoms with Gasteiger partial charge in [-0.05, 0) is 29.8 Å². The minimum atomic E-state index is -0.826. The molecule has 0 spiro atoms. The van der Waals surface area contributed by atoms with Crippen LogP contribution in [0.4, 0.5) is 11.4 Å². The van der Waals surface area contributed by atoms with E-state index in [9.17, 15) is 9.59 Å². The third-order valence-corrected chi connectivity index (χ3v) is 6.00. The van der Waals surface area contributed by atoms with Gasteiger partial charge in [0.2, 0.25) is 17.8 Å². The Morgan fingerprint density at radius 2 is 1.54 bits per heavy atom. The molecule has 1 heterocycles. The molecule has 10 nitrogen and oxygen atoms in total. The first-order chi connectivity index (χ1) is 17.9. The number of β-lactam (4-membered cyclic amide) rings is 1. The highest BCUT2D eigenvalue weighted by atomic mass is 16.5. The summed E-state index contributed by atoms with van der Waals surface area (Å²) in [6, 6.07) is 17.2. The number of ether oxygens (including phenoxy) is 5. The fraction of sp³-hybridized carbons (Fsp3) is 0.259. The number of methoxy groups -OCH3 is 4. The second kappa shape index (κ2) is 11.1. The van der Waals surface area contributed by atoms with Crippen LogP contribution in [0.3, 0.4) is 0 Å². The summed E-state index contributed by atoms with van der Waals surface area (Å²) < 4.78 is 27.9. The summed E-state index contributed by atoms with van der Waals surface area (Å²) in [5.74, 6) is 1.59. The monoisotopic (exact) mass is 507 g/mol. The Morgan fingerprint density at radius 1 is 0.892 bits per heavy atom. The standard InChI is InChI=1S/C27H29N3O7/c1-33-20-11-10-16(12-19(20)29-23(31)15-28)24-26(37-18-8-6-5-7-9-18)27(32)30(24)17-13-21(34-2)25(36-4)22(14-17)35-3/h5-14,24,26H,15,28H2,1-4H3,(H,29,31)/t24-,26+/m1/s1. The van der Waals surface area contributed by atoms with E-state index in [0.29, 0.717) is 45.7 Å². The van der Waals surface area contributed by atoms with E-state index in [1.807, 2.05) is 24.3 Å². The van der Waals surface area contributed by atoms with Crippen LogP contribution in [0.1, 0.15) is 11.6 Å². The molecule has 1 saturated heterocycles. The average Bonchev–Trinajstić information content (AvgIpc) is 2.94. The third-order valence-electron chi connectivity index (χ3n) is 6.00. The fourth-order valence-corrected chi connectivity index (χ4v) is 4.25. The normalized spacial score (nSPS) is 16.5. The van der Waals surface area contributed by atoms with Gasteiger partial charge in [-0.2, -0.15) is 0 Å². The lowest BCUT2D eigenvalue weighted by Gasteiger charge is -2.47. The zero-order valence-electron chi connectivity index (χ0n) is 21.0. The fourth-order valence-electron chi connectivity index (χ4n) is 4.25. The predicted octanol–water partition coefficient (Wildman–Crippen LogP) is 3.15. The van der Waals surface area contributed by atoms with Gasteiger partial charge in [-0.1, -0.05) is 24.3 Å². The van der Waals surface area contributed by atoms with E-state index >= 15 is 0 Å². The summed E-state index contributed by atoms with van der Waals surface area (Å²) >= 11 is 0. The van der Waals surface area contributed by atoms with Crippen molar-refractivity contribution in [3.63, 3.8) is 0 Å². The Balaban J connectivity index is 1.80. The van der Waals surface area contributed by atoms with Crippen molar-refractivity contribution >= 4 is 23.2 Å². The molecule has 194 valence electrons. The number of nitrogens with two attached hydrogens (primary N) is 1. The number of para-hydroxylation sites is 1. The molecule has 2 atom stereocenters. The van der Waals surface area contributed by atoms with Gasteiger partial charge in [-0.15, -0.1) is 0 Å². The van der Waals surface area contributed by atoms with Crippen molar-refractivity contribution in [2.24, 2.45) is 5.73 Å². The van der Waals surface area contributed by atoms with Crippen LogP contribution in [-0.2, 0) is 9.59 Å². The second-order valence-electron chi connectivity index (χ2n) is 8.10. The number of carbonyl (C=O) groups excluding carboxylic acids is 2. The first-order valence-electron chi connectivity index (χ1n) is 11.5. The van der Waals surface area contributed by atoms with Gasteiger partial charge < -0.3 is 34.7 Å². The molecular weight excluding hydrogens is 478 g/mol. The molecule has 1 aliphatic rings. The molecule has 3 N–H and O–H groups in total. The first kappa shape index (κ1) is 25.6. The summed E-state index contributed by atoms with van der Waals surface area (Å²) in [4.78, 5) is 27.1. The summed E-state index contributed by atoms with van der Waals surface area (Å²) in [5, 5.41) is 2.75. The van der Waals surface area contributed by atoms with Gasteiger partial charge in [0.25, 0.3) is 5.91 Å². The Bertz CT molecular complexity index is 1260. The van der Waals surface area contributed by atoms with Gasteiger partial charge >= 0.3 is 0 Å². The highest BCUT2D eigenvalue weighted by Crippen LogP contribution is 2.48. The molecular formula is C27H29N3O7. The lowest BCUT2D eigenvalue weighted by Crippen LogP contribution is -2.61.